The molecule has 0 spiro atoms. The highest BCUT2D eigenvalue weighted by Gasteiger charge is 2.33. The monoisotopic (exact) mass is 256 g/mol. The van der Waals surface area contributed by atoms with Crippen molar-refractivity contribution < 1.29 is 9.53 Å². The largest absolute Gasteiger partial charge is 0.444 e. The number of hydrogen-bond donors (Lipinski definition) is 2. The van der Waals surface area contributed by atoms with Crippen molar-refractivity contribution in [3.05, 3.63) is 0 Å². The van der Waals surface area contributed by atoms with Crippen LogP contribution in [0.15, 0.2) is 0 Å². The second-order valence-corrected chi connectivity index (χ2v) is 6.45. The van der Waals surface area contributed by atoms with Crippen LogP contribution in [-0.4, -0.2) is 24.8 Å². The molecule has 0 unspecified atom stereocenters. The third-order valence-electron chi connectivity index (χ3n) is 3.58. The van der Waals surface area contributed by atoms with Gasteiger partial charge in [0.25, 0.3) is 0 Å². The first-order valence-electron chi connectivity index (χ1n) is 7.04. The predicted octanol–water partition coefficient (Wildman–Crippen LogP) is 2.81. The van der Waals surface area contributed by atoms with Crippen LogP contribution in [0.25, 0.3) is 0 Å². The van der Waals surface area contributed by atoms with E-state index in [1.165, 1.54) is 25.7 Å². The van der Waals surface area contributed by atoms with Gasteiger partial charge in [-0.3, -0.25) is 0 Å². The minimum Gasteiger partial charge on any atom is -0.444 e. The van der Waals surface area contributed by atoms with E-state index in [4.69, 9.17) is 10.5 Å². The lowest BCUT2D eigenvalue weighted by Crippen LogP contribution is -2.39. The number of amides is 1. The number of nitrogens with two attached hydrogens (primary N) is 1. The van der Waals surface area contributed by atoms with E-state index in [1.807, 2.05) is 20.8 Å². The lowest BCUT2D eigenvalue weighted by molar-refractivity contribution is 0.0496. The third kappa shape index (κ3) is 5.25. The molecule has 1 saturated carbocycles. The van der Waals surface area contributed by atoms with Crippen LogP contribution in [0.5, 0.6) is 0 Å². The zero-order valence-electron chi connectivity index (χ0n) is 12.1. The molecule has 0 aliphatic heterocycles. The lowest BCUT2D eigenvalue weighted by Gasteiger charge is -2.30. The summed E-state index contributed by atoms with van der Waals surface area (Å²) in [4.78, 5) is 11.7. The highest BCUT2D eigenvalue weighted by molar-refractivity contribution is 5.67. The van der Waals surface area contributed by atoms with Gasteiger partial charge in [0, 0.05) is 6.54 Å². The molecule has 0 heterocycles. The van der Waals surface area contributed by atoms with Crippen LogP contribution in [0, 0.1) is 5.41 Å². The number of alkyl carbamates (subject to hydrolysis) is 1. The van der Waals surface area contributed by atoms with Crippen molar-refractivity contribution in [1.82, 2.24) is 5.32 Å². The molecule has 0 radical (unpaired) electrons. The van der Waals surface area contributed by atoms with E-state index in [0.29, 0.717) is 0 Å². The van der Waals surface area contributed by atoms with Crippen molar-refractivity contribution in [2.75, 3.05) is 13.1 Å². The number of carbonyl (C=O) groups is 1. The summed E-state index contributed by atoms with van der Waals surface area (Å²) in [6.45, 7) is 7.10. The van der Waals surface area contributed by atoms with Gasteiger partial charge in [-0.15, -0.1) is 0 Å². The van der Waals surface area contributed by atoms with E-state index in [9.17, 15) is 4.79 Å². The summed E-state index contributed by atoms with van der Waals surface area (Å²) < 4.78 is 5.27. The number of ether oxygens (including phenoxy) is 1. The molecule has 0 atom stereocenters. The number of rotatable bonds is 5. The van der Waals surface area contributed by atoms with E-state index < -0.39 is 5.60 Å². The molecule has 1 aliphatic carbocycles. The third-order valence-corrected chi connectivity index (χ3v) is 3.58. The summed E-state index contributed by atoms with van der Waals surface area (Å²) in [5, 5.41) is 2.93. The molecule has 1 amide bonds. The average molecular weight is 256 g/mol. The fourth-order valence-corrected chi connectivity index (χ4v) is 2.69. The van der Waals surface area contributed by atoms with Crippen LogP contribution >= 0.6 is 0 Å². The van der Waals surface area contributed by atoms with Crippen LogP contribution in [0.4, 0.5) is 4.79 Å². The zero-order chi connectivity index (χ0) is 13.6. The zero-order valence-corrected chi connectivity index (χ0v) is 12.1. The Morgan fingerprint density at radius 3 is 2.44 bits per heavy atom. The Kier molecular flexibility index (Phi) is 5.45. The highest BCUT2D eigenvalue weighted by Crippen LogP contribution is 2.41. The molecule has 106 valence electrons. The minimum atomic E-state index is -0.426. The van der Waals surface area contributed by atoms with Crippen molar-refractivity contribution in [2.24, 2.45) is 11.1 Å². The van der Waals surface area contributed by atoms with Gasteiger partial charge >= 0.3 is 6.09 Å². The first-order chi connectivity index (χ1) is 8.37. The standard InChI is InChI=1S/C14H28N2O2/c1-13(2,3)18-12(17)16-11-14(9-6-10-15)7-4-5-8-14/h4-11,15H2,1-3H3,(H,16,17). The molecular weight excluding hydrogens is 228 g/mol. The molecule has 1 aliphatic rings. The molecule has 0 aromatic rings. The van der Waals surface area contributed by atoms with Gasteiger partial charge in [0.2, 0.25) is 0 Å². The summed E-state index contributed by atoms with van der Waals surface area (Å²) in [5.41, 5.74) is 5.43. The Morgan fingerprint density at radius 1 is 1.33 bits per heavy atom. The topological polar surface area (TPSA) is 64.3 Å². The Bertz CT molecular complexity index is 265. The highest BCUT2D eigenvalue weighted by atomic mass is 16.6. The van der Waals surface area contributed by atoms with E-state index >= 15 is 0 Å². The van der Waals surface area contributed by atoms with E-state index in [1.54, 1.807) is 0 Å². The molecule has 0 saturated heterocycles. The molecule has 0 aromatic heterocycles. The molecule has 1 fully saturated rings. The Labute approximate surface area is 111 Å². The molecule has 1 rings (SSSR count). The van der Waals surface area contributed by atoms with Crippen LogP contribution in [0.1, 0.15) is 59.3 Å². The smallest absolute Gasteiger partial charge is 0.407 e. The maximum Gasteiger partial charge on any atom is 0.407 e. The number of hydrogen-bond acceptors (Lipinski definition) is 3. The Hall–Kier alpha value is -0.770. The Balaban J connectivity index is 2.40. The SMILES string of the molecule is CC(C)(C)OC(=O)NCC1(CCCN)CCCC1. The molecule has 18 heavy (non-hydrogen) atoms. The van der Waals surface area contributed by atoms with Crippen molar-refractivity contribution in [3.8, 4) is 0 Å². The van der Waals surface area contributed by atoms with Crippen LogP contribution in [-0.2, 0) is 4.74 Å². The Morgan fingerprint density at radius 2 is 1.94 bits per heavy atom. The first kappa shape index (κ1) is 15.3. The molecular formula is C14H28N2O2. The summed E-state index contributed by atoms with van der Waals surface area (Å²) in [6, 6.07) is 0. The van der Waals surface area contributed by atoms with Gasteiger partial charge in [-0.2, -0.15) is 0 Å². The van der Waals surface area contributed by atoms with Crippen molar-refractivity contribution in [3.63, 3.8) is 0 Å². The number of carbonyl (C=O) groups excluding carboxylic acids is 1. The molecule has 3 N–H and O–H groups in total. The van der Waals surface area contributed by atoms with E-state index in [0.717, 1.165) is 25.9 Å². The maximum absolute atomic E-state index is 11.7. The molecule has 4 heteroatoms. The summed E-state index contributed by atoms with van der Waals surface area (Å²) in [6.07, 6.45) is 6.77. The minimum absolute atomic E-state index is 0.260. The predicted molar refractivity (Wildman–Crippen MR) is 73.4 cm³/mol. The van der Waals surface area contributed by atoms with Crippen LogP contribution in [0.3, 0.4) is 0 Å². The fraction of sp³-hybridized carbons (Fsp3) is 0.929. The summed E-state index contributed by atoms with van der Waals surface area (Å²) >= 11 is 0. The van der Waals surface area contributed by atoms with Crippen molar-refractivity contribution >= 4 is 6.09 Å². The normalized spacial score (nSPS) is 18.7. The maximum atomic E-state index is 11.7. The van der Waals surface area contributed by atoms with E-state index in [-0.39, 0.29) is 11.5 Å². The van der Waals surface area contributed by atoms with Crippen LogP contribution < -0.4 is 11.1 Å². The van der Waals surface area contributed by atoms with Gasteiger partial charge in [0.15, 0.2) is 0 Å². The summed E-state index contributed by atoms with van der Waals surface area (Å²) in [5.74, 6) is 0. The second kappa shape index (κ2) is 6.41. The van der Waals surface area contributed by atoms with Gasteiger partial charge in [-0.05, 0) is 58.4 Å². The molecule has 0 bridgehead atoms. The van der Waals surface area contributed by atoms with Gasteiger partial charge in [-0.25, -0.2) is 4.79 Å². The quantitative estimate of drug-likeness (QED) is 0.795. The van der Waals surface area contributed by atoms with E-state index in [2.05, 4.69) is 5.32 Å². The first-order valence-corrected chi connectivity index (χ1v) is 7.04. The second-order valence-electron chi connectivity index (χ2n) is 6.45. The molecule has 4 nitrogen and oxygen atoms in total. The van der Waals surface area contributed by atoms with Crippen molar-refractivity contribution in [2.45, 2.75) is 64.9 Å². The van der Waals surface area contributed by atoms with Gasteiger partial charge in [-0.1, -0.05) is 12.8 Å². The lowest BCUT2D eigenvalue weighted by atomic mass is 9.81. The summed E-state index contributed by atoms with van der Waals surface area (Å²) in [7, 11) is 0. The van der Waals surface area contributed by atoms with Gasteiger partial charge in [0.1, 0.15) is 5.60 Å². The van der Waals surface area contributed by atoms with Gasteiger partial charge < -0.3 is 15.8 Å². The average Bonchev–Trinajstić information content (AvgIpc) is 2.71. The number of nitrogens with one attached hydrogen (secondary N) is 1. The molecule has 0 aromatic carbocycles. The van der Waals surface area contributed by atoms with Crippen molar-refractivity contribution in [1.29, 1.82) is 0 Å². The fourth-order valence-electron chi connectivity index (χ4n) is 2.69. The van der Waals surface area contributed by atoms with Crippen LogP contribution in [0.2, 0.25) is 0 Å². The van der Waals surface area contributed by atoms with Gasteiger partial charge in [0.05, 0.1) is 0 Å².